The van der Waals surface area contributed by atoms with Crippen LogP contribution in [0.5, 0.6) is 0 Å². The molecule has 1 saturated carbocycles. The normalized spacial score (nSPS) is 19.9. The fourth-order valence-electron chi connectivity index (χ4n) is 3.14. The summed E-state index contributed by atoms with van der Waals surface area (Å²) in [5.74, 6) is 0. The van der Waals surface area contributed by atoms with Gasteiger partial charge in [-0.3, -0.25) is 0 Å². The molecule has 0 atom stereocenters. The molecule has 1 aliphatic rings. The minimum absolute atomic E-state index is 0.481. The van der Waals surface area contributed by atoms with E-state index in [4.69, 9.17) is 4.42 Å². The van der Waals surface area contributed by atoms with Crippen molar-refractivity contribution in [3.8, 4) is 0 Å². The van der Waals surface area contributed by atoms with E-state index in [2.05, 4.69) is 33.9 Å². The van der Waals surface area contributed by atoms with E-state index in [1.165, 1.54) is 50.6 Å². The molecule has 102 valence electrons. The molecular weight excluding hydrogens is 290 g/mol. The molecule has 18 heavy (non-hydrogen) atoms. The lowest BCUT2D eigenvalue weighted by Gasteiger charge is -2.35. The number of alkyl halides is 1. The third kappa shape index (κ3) is 3.86. The molecule has 0 unspecified atom stereocenters. The first-order chi connectivity index (χ1) is 8.74. The van der Waals surface area contributed by atoms with Gasteiger partial charge in [0.05, 0.1) is 12.5 Å². The van der Waals surface area contributed by atoms with Crippen LogP contribution in [0.2, 0.25) is 0 Å². The summed E-state index contributed by atoms with van der Waals surface area (Å²) in [6, 6.07) is 2.06. The predicted molar refractivity (Wildman–Crippen MR) is 79.0 cm³/mol. The zero-order valence-electron chi connectivity index (χ0n) is 11.3. The lowest BCUT2D eigenvalue weighted by molar-refractivity contribution is 0.170. The minimum Gasteiger partial charge on any atom is -0.472 e. The molecule has 0 N–H and O–H groups in total. The van der Waals surface area contributed by atoms with Crippen molar-refractivity contribution in [3.05, 3.63) is 24.2 Å². The maximum absolute atomic E-state index is 5.14. The summed E-state index contributed by atoms with van der Waals surface area (Å²) < 4.78 is 5.14. The van der Waals surface area contributed by atoms with Crippen LogP contribution in [0.15, 0.2) is 23.0 Å². The van der Waals surface area contributed by atoms with Gasteiger partial charge in [0, 0.05) is 24.0 Å². The van der Waals surface area contributed by atoms with Gasteiger partial charge in [0.2, 0.25) is 0 Å². The number of halogens is 1. The highest BCUT2D eigenvalue weighted by molar-refractivity contribution is 9.09. The molecule has 3 heteroatoms. The van der Waals surface area contributed by atoms with Gasteiger partial charge >= 0.3 is 0 Å². The Hall–Kier alpha value is -0.280. The SMILES string of the molecule is CN(Cc1ccoc1)CC1(CBr)CCCCCC1. The molecule has 0 aromatic carbocycles. The topological polar surface area (TPSA) is 16.4 Å². The Labute approximate surface area is 119 Å². The van der Waals surface area contributed by atoms with E-state index in [1.54, 1.807) is 6.26 Å². The van der Waals surface area contributed by atoms with Crippen LogP contribution in [0, 0.1) is 5.41 Å². The Morgan fingerprint density at radius 3 is 2.56 bits per heavy atom. The maximum Gasteiger partial charge on any atom is 0.0947 e. The third-order valence-corrected chi connectivity index (χ3v) is 5.28. The summed E-state index contributed by atoms with van der Waals surface area (Å²) in [6.45, 7) is 2.18. The quantitative estimate of drug-likeness (QED) is 0.590. The highest BCUT2D eigenvalue weighted by atomic mass is 79.9. The Morgan fingerprint density at radius 1 is 1.28 bits per heavy atom. The molecule has 0 spiro atoms. The highest BCUT2D eigenvalue weighted by Gasteiger charge is 2.31. The standard InChI is InChI=1S/C15H24BrNO/c1-17(10-14-6-9-18-11-14)13-15(12-16)7-4-2-3-5-8-15/h6,9,11H,2-5,7-8,10,12-13H2,1H3. The van der Waals surface area contributed by atoms with Gasteiger partial charge in [-0.2, -0.15) is 0 Å². The molecule has 0 amide bonds. The van der Waals surface area contributed by atoms with Crippen LogP contribution in [0.25, 0.3) is 0 Å². The van der Waals surface area contributed by atoms with Crippen LogP contribution in [0.1, 0.15) is 44.1 Å². The molecule has 1 aliphatic carbocycles. The second-order valence-corrected chi connectivity index (χ2v) is 6.41. The summed E-state index contributed by atoms with van der Waals surface area (Å²) in [5.41, 5.74) is 1.76. The first-order valence-electron chi connectivity index (χ1n) is 7.00. The van der Waals surface area contributed by atoms with Crippen LogP contribution in [-0.4, -0.2) is 23.8 Å². The van der Waals surface area contributed by atoms with Crippen molar-refractivity contribution in [2.45, 2.75) is 45.1 Å². The fraction of sp³-hybridized carbons (Fsp3) is 0.733. The van der Waals surface area contributed by atoms with Crippen molar-refractivity contribution >= 4 is 15.9 Å². The molecule has 2 rings (SSSR count). The summed E-state index contributed by atoms with van der Waals surface area (Å²) >= 11 is 3.76. The molecular formula is C15H24BrNO. The molecule has 0 radical (unpaired) electrons. The van der Waals surface area contributed by atoms with Crippen molar-refractivity contribution < 1.29 is 4.42 Å². The van der Waals surface area contributed by atoms with E-state index < -0.39 is 0 Å². The van der Waals surface area contributed by atoms with E-state index in [9.17, 15) is 0 Å². The second kappa shape index (κ2) is 6.76. The number of nitrogens with zero attached hydrogens (tertiary/aromatic N) is 1. The van der Waals surface area contributed by atoms with E-state index in [1.807, 2.05) is 6.26 Å². The van der Waals surface area contributed by atoms with Crippen LogP contribution in [-0.2, 0) is 6.54 Å². The number of rotatable bonds is 5. The number of hydrogen-bond acceptors (Lipinski definition) is 2. The smallest absolute Gasteiger partial charge is 0.0947 e. The van der Waals surface area contributed by atoms with Crippen LogP contribution in [0.4, 0.5) is 0 Å². The Bertz CT molecular complexity index is 328. The van der Waals surface area contributed by atoms with Crippen molar-refractivity contribution in [2.24, 2.45) is 5.41 Å². The van der Waals surface area contributed by atoms with Gasteiger partial charge in [-0.1, -0.05) is 41.6 Å². The largest absolute Gasteiger partial charge is 0.472 e. The number of hydrogen-bond donors (Lipinski definition) is 0. The Kier molecular flexibility index (Phi) is 5.31. The molecule has 1 heterocycles. The summed E-state index contributed by atoms with van der Waals surface area (Å²) in [6.07, 6.45) is 12.0. The zero-order valence-corrected chi connectivity index (χ0v) is 12.9. The number of furan rings is 1. The monoisotopic (exact) mass is 313 g/mol. The Balaban J connectivity index is 1.91. The maximum atomic E-state index is 5.14. The van der Waals surface area contributed by atoms with Crippen molar-refractivity contribution in [2.75, 3.05) is 18.9 Å². The molecule has 1 aromatic rings. The van der Waals surface area contributed by atoms with E-state index in [0.717, 1.165) is 11.9 Å². The molecule has 0 bridgehead atoms. The average molecular weight is 314 g/mol. The van der Waals surface area contributed by atoms with Gasteiger partial charge in [-0.25, -0.2) is 0 Å². The van der Waals surface area contributed by atoms with Gasteiger partial charge in [0.25, 0.3) is 0 Å². The Morgan fingerprint density at radius 2 is 2.00 bits per heavy atom. The van der Waals surface area contributed by atoms with Gasteiger partial charge in [-0.05, 0) is 31.4 Å². The van der Waals surface area contributed by atoms with Crippen LogP contribution in [0.3, 0.4) is 0 Å². The third-order valence-electron chi connectivity index (χ3n) is 4.09. The van der Waals surface area contributed by atoms with Crippen molar-refractivity contribution in [1.29, 1.82) is 0 Å². The lowest BCUT2D eigenvalue weighted by Crippen LogP contribution is -2.36. The summed E-state index contributed by atoms with van der Waals surface area (Å²) in [7, 11) is 2.22. The van der Waals surface area contributed by atoms with Crippen molar-refractivity contribution in [3.63, 3.8) is 0 Å². The van der Waals surface area contributed by atoms with Gasteiger partial charge < -0.3 is 9.32 Å². The second-order valence-electron chi connectivity index (χ2n) is 5.85. The predicted octanol–water partition coefficient (Wildman–Crippen LogP) is 4.45. The van der Waals surface area contributed by atoms with Gasteiger partial charge in [0.1, 0.15) is 0 Å². The van der Waals surface area contributed by atoms with E-state index >= 15 is 0 Å². The highest BCUT2D eigenvalue weighted by Crippen LogP contribution is 2.37. The first-order valence-corrected chi connectivity index (χ1v) is 8.12. The first kappa shape index (κ1) is 14.1. The molecule has 1 fully saturated rings. The molecule has 0 aliphatic heterocycles. The minimum atomic E-state index is 0.481. The molecule has 2 nitrogen and oxygen atoms in total. The molecule has 0 saturated heterocycles. The summed E-state index contributed by atoms with van der Waals surface area (Å²) in [4.78, 5) is 2.44. The summed E-state index contributed by atoms with van der Waals surface area (Å²) in [5, 5.41) is 1.13. The van der Waals surface area contributed by atoms with E-state index in [0.29, 0.717) is 5.41 Å². The van der Waals surface area contributed by atoms with Gasteiger partial charge in [-0.15, -0.1) is 0 Å². The van der Waals surface area contributed by atoms with Crippen LogP contribution >= 0.6 is 15.9 Å². The van der Waals surface area contributed by atoms with Crippen LogP contribution < -0.4 is 0 Å². The van der Waals surface area contributed by atoms with E-state index in [-0.39, 0.29) is 0 Å². The lowest BCUT2D eigenvalue weighted by atomic mass is 9.82. The average Bonchev–Trinajstić information content (AvgIpc) is 2.74. The zero-order chi connectivity index (χ0) is 12.8. The molecule has 1 aromatic heterocycles. The van der Waals surface area contributed by atoms with Gasteiger partial charge in [0.15, 0.2) is 0 Å². The van der Waals surface area contributed by atoms with Crippen molar-refractivity contribution in [1.82, 2.24) is 4.90 Å². The fourth-order valence-corrected chi connectivity index (χ4v) is 3.87.